The van der Waals surface area contributed by atoms with Crippen molar-refractivity contribution in [3.05, 3.63) is 48.0 Å². The molecule has 7 heteroatoms. The number of imidazole rings is 1. The van der Waals surface area contributed by atoms with E-state index in [-0.39, 0.29) is 18.3 Å². The minimum atomic E-state index is -4.69. The smallest absolute Gasteiger partial charge is 0.405 e. The largest absolute Gasteiger partial charge is 0.573 e. The van der Waals surface area contributed by atoms with Gasteiger partial charge < -0.3 is 15.0 Å². The number of aromatic nitrogens is 2. The average molecular weight is 299 g/mol. The number of benzene rings is 1. The lowest BCUT2D eigenvalue weighted by molar-refractivity contribution is -0.274. The van der Waals surface area contributed by atoms with Crippen molar-refractivity contribution in [2.75, 3.05) is 0 Å². The van der Waals surface area contributed by atoms with Gasteiger partial charge in [0.15, 0.2) is 0 Å². The van der Waals surface area contributed by atoms with Gasteiger partial charge >= 0.3 is 6.36 Å². The van der Waals surface area contributed by atoms with E-state index in [9.17, 15) is 13.2 Å². The molecule has 1 heterocycles. The Kier molecular flexibility index (Phi) is 4.85. The lowest BCUT2D eigenvalue weighted by atomic mass is 10.1. The van der Waals surface area contributed by atoms with Crippen LogP contribution in [0.4, 0.5) is 13.2 Å². The predicted octanol–water partition coefficient (Wildman–Crippen LogP) is 3.55. The molecule has 2 N–H and O–H groups in total. The number of ether oxygens (including phenoxy) is 1. The SMILES string of the molecule is CCC(NCc1ccccc1OC(F)(F)F)c1ncc[nH]1. The van der Waals surface area contributed by atoms with Crippen LogP contribution in [-0.2, 0) is 6.54 Å². The molecule has 114 valence electrons. The van der Waals surface area contributed by atoms with Gasteiger partial charge in [-0.05, 0) is 12.5 Å². The zero-order valence-electron chi connectivity index (χ0n) is 11.4. The first kappa shape index (κ1) is 15.4. The number of H-pyrrole nitrogens is 1. The van der Waals surface area contributed by atoms with Crippen LogP contribution in [0, 0.1) is 0 Å². The number of aromatic amines is 1. The first-order chi connectivity index (χ1) is 9.99. The third-order valence-electron chi connectivity index (χ3n) is 2.99. The highest BCUT2D eigenvalue weighted by atomic mass is 19.4. The minimum absolute atomic E-state index is 0.0565. The van der Waals surface area contributed by atoms with Crippen molar-refractivity contribution in [2.24, 2.45) is 0 Å². The van der Waals surface area contributed by atoms with Crippen LogP contribution in [0.3, 0.4) is 0 Å². The van der Waals surface area contributed by atoms with Crippen molar-refractivity contribution in [1.82, 2.24) is 15.3 Å². The molecule has 0 amide bonds. The van der Waals surface area contributed by atoms with Crippen molar-refractivity contribution in [3.8, 4) is 5.75 Å². The van der Waals surface area contributed by atoms with Gasteiger partial charge in [0, 0.05) is 24.5 Å². The number of nitrogens with one attached hydrogen (secondary N) is 2. The fraction of sp³-hybridized carbons (Fsp3) is 0.357. The van der Waals surface area contributed by atoms with Gasteiger partial charge in [0.25, 0.3) is 0 Å². The van der Waals surface area contributed by atoms with E-state index in [2.05, 4.69) is 20.0 Å². The Labute approximate surface area is 120 Å². The Balaban J connectivity index is 2.06. The Morgan fingerprint density at radius 3 is 2.71 bits per heavy atom. The molecular weight excluding hydrogens is 283 g/mol. The summed E-state index contributed by atoms with van der Waals surface area (Å²) in [5.41, 5.74) is 0.444. The molecule has 0 bridgehead atoms. The molecule has 0 spiro atoms. The Hall–Kier alpha value is -2.02. The molecular formula is C14H16F3N3O. The molecule has 1 aromatic carbocycles. The van der Waals surface area contributed by atoms with Crippen LogP contribution >= 0.6 is 0 Å². The lowest BCUT2D eigenvalue weighted by Crippen LogP contribution is -2.23. The van der Waals surface area contributed by atoms with Gasteiger partial charge in [-0.2, -0.15) is 0 Å². The van der Waals surface area contributed by atoms with E-state index in [1.165, 1.54) is 12.1 Å². The first-order valence-electron chi connectivity index (χ1n) is 6.56. The van der Waals surface area contributed by atoms with Gasteiger partial charge in [-0.3, -0.25) is 0 Å². The second-order valence-corrected chi connectivity index (χ2v) is 4.47. The van der Waals surface area contributed by atoms with Crippen LogP contribution in [0.1, 0.15) is 30.8 Å². The normalized spacial score (nSPS) is 13.1. The van der Waals surface area contributed by atoms with Gasteiger partial charge in [-0.1, -0.05) is 25.1 Å². The molecule has 1 aromatic heterocycles. The number of alkyl halides is 3. The van der Waals surface area contributed by atoms with E-state index >= 15 is 0 Å². The summed E-state index contributed by atoms with van der Waals surface area (Å²) in [5.74, 6) is 0.568. The van der Waals surface area contributed by atoms with Gasteiger partial charge in [0.1, 0.15) is 11.6 Å². The van der Waals surface area contributed by atoms with Crippen LogP contribution in [0.25, 0.3) is 0 Å². The van der Waals surface area contributed by atoms with E-state index < -0.39 is 6.36 Å². The number of hydrogen-bond donors (Lipinski definition) is 2. The predicted molar refractivity (Wildman–Crippen MR) is 71.6 cm³/mol. The summed E-state index contributed by atoms with van der Waals surface area (Å²) >= 11 is 0. The summed E-state index contributed by atoms with van der Waals surface area (Å²) in [4.78, 5) is 7.14. The van der Waals surface area contributed by atoms with Gasteiger partial charge in [-0.25, -0.2) is 4.98 Å². The van der Waals surface area contributed by atoms with Crippen molar-refractivity contribution in [3.63, 3.8) is 0 Å². The molecule has 0 aliphatic rings. The Morgan fingerprint density at radius 1 is 1.33 bits per heavy atom. The van der Waals surface area contributed by atoms with Crippen LogP contribution in [0.15, 0.2) is 36.7 Å². The van der Waals surface area contributed by atoms with E-state index in [1.807, 2.05) is 6.92 Å². The molecule has 0 saturated heterocycles. The second kappa shape index (κ2) is 6.62. The third kappa shape index (κ3) is 4.49. The Bertz CT molecular complexity index is 555. The van der Waals surface area contributed by atoms with Crippen LogP contribution in [0.5, 0.6) is 5.75 Å². The van der Waals surface area contributed by atoms with E-state index in [0.29, 0.717) is 5.56 Å². The molecule has 2 aromatic rings. The van der Waals surface area contributed by atoms with Crippen LogP contribution in [0.2, 0.25) is 0 Å². The zero-order chi connectivity index (χ0) is 15.3. The molecule has 21 heavy (non-hydrogen) atoms. The number of hydrogen-bond acceptors (Lipinski definition) is 3. The van der Waals surface area contributed by atoms with E-state index in [0.717, 1.165) is 12.2 Å². The highest BCUT2D eigenvalue weighted by Gasteiger charge is 2.32. The van der Waals surface area contributed by atoms with Crippen LogP contribution < -0.4 is 10.1 Å². The third-order valence-corrected chi connectivity index (χ3v) is 2.99. The summed E-state index contributed by atoms with van der Waals surface area (Å²) in [7, 11) is 0. The quantitative estimate of drug-likeness (QED) is 0.857. The minimum Gasteiger partial charge on any atom is -0.405 e. The molecule has 0 saturated carbocycles. The van der Waals surface area contributed by atoms with Gasteiger partial charge in [0.2, 0.25) is 0 Å². The maximum atomic E-state index is 12.4. The second-order valence-electron chi connectivity index (χ2n) is 4.47. The van der Waals surface area contributed by atoms with Crippen molar-refractivity contribution >= 4 is 0 Å². The maximum absolute atomic E-state index is 12.4. The average Bonchev–Trinajstić information content (AvgIpc) is 2.93. The molecule has 0 radical (unpaired) electrons. The van der Waals surface area contributed by atoms with Crippen molar-refractivity contribution in [2.45, 2.75) is 32.3 Å². The van der Waals surface area contributed by atoms with Gasteiger partial charge in [0.05, 0.1) is 6.04 Å². The molecule has 1 unspecified atom stereocenters. The monoisotopic (exact) mass is 299 g/mol. The molecule has 0 aliphatic carbocycles. The number of para-hydroxylation sites is 1. The van der Waals surface area contributed by atoms with Crippen molar-refractivity contribution in [1.29, 1.82) is 0 Å². The molecule has 2 rings (SSSR count). The fourth-order valence-electron chi connectivity index (χ4n) is 2.01. The van der Waals surface area contributed by atoms with Crippen molar-refractivity contribution < 1.29 is 17.9 Å². The number of rotatable bonds is 6. The topological polar surface area (TPSA) is 49.9 Å². The molecule has 1 atom stereocenters. The summed E-state index contributed by atoms with van der Waals surface area (Å²) in [6.07, 6.45) is -0.585. The maximum Gasteiger partial charge on any atom is 0.573 e. The Morgan fingerprint density at radius 2 is 2.10 bits per heavy atom. The molecule has 0 aliphatic heterocycles. The fourth-order valence-corrected chi connectivity index (χ4v) is 2.01. The highest BCUT2D eigenvalue weighted by Crippen LogP contribution is 2.26. The lowest BCUT2D eigenvalue weighted by Gasteiger charge is -2.17. The summed E-state index contributed by atoms with van der Waals surface area (Å²) in [5, 5.41) is 3.17. The van der Waals surface area contributed by atoms with Gasteiger partial charge in [-0.15, -0.1) is 13.2 Å². The summed E-state index contributed by atoms with van der Waals surface area (Å²) < 4.78 is 41.1. The standard InChI is InChI=1S/C14H16F3N3O/c1-2-11(13-18-7-8-19-13)20-9-10-5-3-4-6-12(10)21-14(15,16)17/h3-8,11,20H,2,9H2,1H3,(H,18,19). The highest BCUT2D eigenvalue weighted by molar-refractivity contribution is 5.33. The summed E-state index contributed by atoms with van der Waals surface area (Å²) in [6.45, 7) is 2.23. The van der Waals surface area contributed by atoms with E-state index in [1.54, 1.807) is 24.5 Å². The molecule has 0 fully saturated rings. The van der Waals surface area contributed by atoms with E-state index in [4.69, 9.17) is 0 Å². The number of halogens is 3. The first-order valence-corrected chi connectivity index (χ1v) is 6.56. The van der Waals surface area contributed by atoms with Crippen LogP contribution in [-0.4, -0.2) is 16.3 Å². The zero-order valence-corrected chi connectivity index (χ0v) is 11.4. The summed E-state index contributed by atoms with van der Waals surface area (Å²) in [6, 6.07) is 6.03. The molecule has 4 nitrogen and oxygen atoms in total. The number of nitrogens with zero attached hydrogens (tertiary/aromatic N) is 1.